The van der Waals surface area contributed by atoms with Gasteiger partial charge in [0, 0.05) is 18.9 Å². The zero-order valence-electron chi connectivity index (χ0n) is 11.6. The van der Waals surface area contributed by atoms with Gasteiger partial charge in [0.15, 0.2) is 10.9 Å². The van der Waals surface area contributed by atoms with Gasteiger partial charge in [0.05, 0.1) is 30.5 Å². The molecule has 0 unspecified atom stereocenters. The summed E-state index contributed by atoms with van der Waals surface area (Å²) in [5.41, 5.74) is 1.48. The number of imidazole rings is 1. The Morgan fingerprint density at radius 1 is 1.52 bits per heavy atom. The molecular weight excluding hydrogens is 294 g/mol. The van der Waals surface area contributed by atoms with Gasteiger partial charge in [0.25, 0.3) is 0 Å². The Labute approximate surface area is 125 Å². The van der Waals surface area contributed by atoms with E-state index in [2.05, 4.69) is 4.98 Å². The topological polar surface area (TPSA) is 90.4 Å². The first-order chi connectivity index (χ1) is 10.1. The summed E-state index contributed by atoms with van der Waals surface area (Å²) < 4.78 is 6.76. The van der Waals surface area contributed by atoms with E-state index in [1.54, 1.807) is 22.9 Å². The number of aliphatic hydroxyl groups excluding tert-OH is 1. The number of aromatic nitrogens is 2. The predicted molar refractivity (Wildman–Crippen MR) is 78.3 cm³/mol. The third-order valence-corrected chi connectivity index (χ3v) is 4.13. The molecule has 0 amide bonds. The number of rotatable bonds is 6. The molecule has 1 heterocycles. The molecule has 0 aliphatic rings. The molecule has 0 spiro atoms. The number of benzene rings is 1. The maximum atomic E-state index is 11.0. The van der Waals surface area contributed by atoms with Crippen molar-refractivity contribution < 1.29 is 14.8 Å². The molecule has 1 aromatic carbocycles. The van der Waals surface area contributed by atoms with Crippen LogP contribution in [0, 0.1) is 10.1 Å². The number of aliphatic hydroxyl groups is 1. The highest BCUT2D eigenvalue weighted by Crippen LogP contribution is 2.30. The normalized spacial score (nSPS) is 10.6. The summed E-state index contributed by atoms with van der Waals surface area (Å²) in [4.78, 5) is 14.7. The average Bonchev–Trinajstić information content (AvgIpc) is 2.85. The van der Waals surface area contributed by atoms with Gasteiger partial charge in [-0.1, -0.05) is 17.8 Å². The molecule has 0 aliphatic carbocycles. The first-order valence-corrected chi connectivity index (χ1v) is 7.11. The van der Waals surface area contributed by atoms with Crippen LogP contribution in [0.5, 0.6) is 5.75 Å². The minimum absolute atomic E-state index is 0.0495. The standard InChI is InChI=1S/C13H15N3O4S/c1-15-10(7-17)6-14-13(15)21-8-9-3-4-12(20-2)11(5-9)16(18)19/h3-6,17H,7-8H2,1-2H3. The van der Waals surface area contributed by atoms with Gasteiger partial charge in [-0.05, 0) is 11.6 Å². The third kappa shape index (κ3) is 3.34. The Morgan fingerprint density at radius 3 is 2.86 bits per heavy atom. The molecule has 112 valence electrons. The third-order valence-electron chi connectivity index (χ3n) is 3.01. The molecule has 21 heavy (non-hydrogen) atoms. The molecule has 1 aromatic heterocycles. The summed E-state index contributed by atoms with van der Waals surface area (Å²) >= 11 is 1.45. The minimum Gasteiger partial charge on any atom is -0.490 e. The maximum Gasteiger partial charge on any atom is 0.311 e. The maximum absolute atomic E-state index is 11.0. The lowest BCUT2D eigenvalue weighted by Crippen LogP contribution is -1.98. The lowest BCUT2D eigenvalue weighted by Gasteiger charge is -2.06. The van der Waals surface area contributed by atoms with Gasteiger partial charge in [0.1, 0.15) is 0 Å². The Bertz CT molecular complexity index is 657. The molecule has 0 fully saturated rings. The molecule has 0 saturated carbocycles. The smallest absolute Gasteiger partial charge is 0.311 e. The number of nitro benzene ring substituents is 1. The fraction of sp³-hybridized carbons (Fsp3) is 0.308. The molecule has 2 rings (SSSR count). The molecule has 1 N–H and O–H groups in total. The molecule has 8 heteroatoms. The summed E-state index contributed by atoms with van der Waals surface area (Å²) in [6, 6.07) is 4.88. The van der Waals surface area contributed by atoms with Crippen molar-refractivity contribution in [3.63, 3.8) is 0 Å². The highest BCUT2D eigenvalue weighted by molar-refractivity contribution is 7.98. The van der Waals surface area contributed by atoms with Gasteiger partial charge in [-0.15, -0.1) is 0 Å². The van der Waals surface area contributed by atoms with Crippen molar-refractivity contribution in [2.24, 2.45) is 7.05 Å². The summed E-state index contributed by atoms with van der Waals surface area (Å²) in [5.74, 6) is 0.786. The summed E-state index contributed by atoms with van der Waals surface area (Å²) in [7, 11) is 3.22. The van der Waals surface area contributed by atoms with E-state index in [0.29, 0.717) is 5.75 Å². The fourth-order valence-corrected chi connectivity index (χ4v) is 2.74. The van der Waals surface area contributed by atoms with Crippen LogP contribution < -0.4 is 4.74 Å². The van der Waals surface area contributed by atoms with Gasteiger partial charge >= 0.3 is 5.69 Å². The number of nitrogens with zero attached hydrogens (tertiary/aromatic N) is 3. The second-order valence-corrected chi connectivity index (χ2v) is 5.24. The van der Waals surface area contributed by atoms with Crippen molar-refractivity contribution in [3.8, 4) is 5.75 Å². The van der Waals surface area contributed by atoms with Crippen molar-refractivity contribution in [2.75, 3.05) is 7.11 Å². The molecular formula is C13H15N3O4S. The molecule has 0 radical (unpaired) electrons. The first kappa shape index (κ1) is 15.3. The number of thioether (sulfide) groups is 1. The highest BCUT2D eigenvalue weighted by Gasteiger charge is 2.15. The van der Waals surface area contributed by atoms with Crippen molar-refractivity contribution in [2.45, 2.75) is 17.5 Å². The SMILES string of the molecule is COc1ccc(CSc2ncc(CO)n2C)cc1[N+](=O)[O-]. The van der Waals surface area contributed by atoms with Crippen LogP contribution in [-0.2, 0) is 19.4 Å². The van der Waals surface area contributed by atoms with Crippen LogP contribution in [-0.4, -0.2) is 26.7 Å². The second kappa shape index (κ2) is 6.59. The van der Waals surface area contributed by atoms with E-state index >= 15 is 0 Å². The average molecular weight is 309 g/mol. The second-order valence-electron chi connectivity index (χ2n) is 4.30. The zero-order chi connectivity index (χ0) is 15.4. The van der Waals surface area contributed by atoms with Crippen LogP contribution in [0.15, 0.2) is 29.6 Å². The Kier molecular flexibility index (Phi) is 4.81. The van der Waals surface area contributed by atoms with E-state index in [1.807, 2.05) is 7.05 Å². The number of ether oxygens (including phenoxy) is 1. The van der Waals surface area contributed by atoms with Crippen LogP contribution in [0.2, 0.25) is 0 Å². The fourth-order valence-electron chi connectivity index (χ4n) is 1.82. The van der Waals surface area contributed by atoms with E-state index in [1.165, 1.54) is 24.9 Å². The van der Waals surface area contributed by atoms with Crippen molar-refractivity contribution in [1.82, 2.24) is 9.55 Å². The van der Waals surface area contributed by atoms with Crippen LogP contribution in [0.1, 0.15) is 11.3 Å². The lowest BCUT2D eigenvalue weighted by molar-refractivity contribution is -0.385. The van der Waals surface area contributed by atoms with E-state index in [0.717, 1.165) is 16.4 Å². The lowest BCUT2D eigenvalue weighted by atomic mass is 10.2. The number of methoxy groups -OCH3 is 1. The van der Waals surface area contributed by atoms with Crippen LogP contribution >= 0.6 is 11.8 Å². The van der Waals surface area contributed by atoms with Crippen LogP contribution in [0.25, 0.3) is 0 Å². The van der Waals surface area contributed by atoms with Gasteiger partial charge < -0.3 is 14.4 Å². The van der Waals surface area contributed by atoms with Crippen LogP contribution in [0.3, 0.4) is 0 Å². The van der Waals surface area contributed by atoms with Gasteiger partial charge in [-0.3, -0.25) is 10.1 Å². The van der Waals surface area contributed by atoms with Crippen molar-refractivity contribution in [1.29, 1.82) is 0 Å². The number of hydrogen-bond donors (Lipinski definition) is 1. The quantitative estimate of drug-likeness (QED) is 0.499. The zero-order valence-corrected chi connectivity index (χ0v) is 12.5. The van der Waals surface area contributed by atoms with Crippen molar-refractivity contribution in [3.05, 3.63) is 45.8 Å². The summed E-state index contributed by atoms with van der Waals surface area (Å²) in [6.07, 6.45) is 1.61. The van der Waals surface area contributed by atoms with Gasteiger partial charge in [-0.2, -0.15) is 0 Å². The Balaban J connectivity index is 2.14. The molecule has 7 nitrogen and oxygen atoms in total. The van der Waals surface area contributed by atoms with Crippen LogP contribution in [0.4, 0.5) is 5.69 Å². The molecule has 0 aliphatic heterocycles. The molecule has 0 atom stereocenters. The Hall–Kier alpha value is -2.06. The van der Waals surface area contributed by atoms with E-state index < -0.39 is 4.92 Å². The summed E-state index contributed by atoms with van der Waals surface area (Å²) in [6.45, 7) is -0.0714. The van der Waals surface area contributed by atoms with E-state index in [-0.39, 0.29) is 18.0 Å². The monoisotopic (exact) mass is 309 g/mol. The molecule has 0 bridgehead atoms. The Morgan fingerprint density at radius 2 is 2.29 bits per heavy atom. The van der Waals surface area contributed by atoms with Gasteiger partial charge in [-0.25, -0.2) is 4.98 Å². The van der Waals surface area contributed by atoms with E-state index in [9.17, 15) is 10.1 Å². The van der Waals surface area contributed by atoms with Crippen molar-refractivity contribution >= 4 is 17.4 Å². The van der Waals surface area contributed by atoms with Gasteiger partial charge in [0.2, 0.25) is 0 Å². The predicted octanol–water partition coefficient (Wildman–Crippen LogP) is 2.12. The highest BCUT2D eigenvalue weighted by atomic mass is 32.2. The molecule has 0 saturated heterocycles. The van der Waals surface area contributed by atoms with E-state index in [4.69, 9.17) is 9.84 Å². The minimum atomic E-state index is -0.461. The number of nitro groups is 1. The largest absolute Gasteiger partial charge is 0.490 e. The molecule has 2 aromatic rings. The summed E-state index contributed by atoms with van der Waals surface area (Å²) in [5, 5.41) is 20.8. The first-order valence-electron chi connectivity index (χ1n) is 6.12. The number of hydrogen-bond acceptors (Lipinski definition) is 6.